The molecule has 3 N–H and O–H groups in total. The van der Waals surface area contributed by atoms with Crippen LogP contribution in [0.2, 0.25) is 5.02 Å². The minimum atomic E-state index is -0.488. The zero-order valence-corrected chi connectivity index (χ0v) is 20.0. The molecule has 1 aromatic heterocycles. The van der Waals surface area contributed by atoms with Crippen LogP contribution < -0.4 is 10.6 Å². The number of imidazole rings is 1. The Morgan fingerprint density at radius 2 is 1.90 bits per heavy atom. The van der Waals surface area contributed by atoms with Crippen molar-refractivity contribution in [2.45, 2.75) is 57.3 Å². The maximum atomic E-state index is 12.3. The monoisotopic (exact) mass is 453 g/mol. The van der Waals surface area contributed by atoms with Crippen molar-refractivity contribution in [3.8, 4) is 0 Å². The lowest BCUT2D eigenvalue weighted by Gasteiger charge is -2.37. The van der Waals surface area contributed by atoms with Crippen molar-refractivity contribution >= 4 is 46.2 Å². The molecule has 2 heterocycles. The number of benzene rings is 1. The van der Waals surface area contributed by atoms with Crippen molar-refractivity contribution in [3.05, 3.63) is 17.2 Å². The molecule has 0 bridgehead atoms. The second-order valence-electron chi connectivity index (χ2n) is 9.40. The van der Waals surface area contributed by atoms with Gasteiger partial charge in [0, 0.05) is 37.5 Å². The van der Waals surface area contributed by atoms with Gasteiger partial charge in [0.05, 0.1) is 21.7 Å². The van der Waals surface area contributed by atoms with Gasteiger partial charge < -0.3 is 25.3 Å². The van der Waals surface area contributed by atoms with Crippen LogP contribution in [0.15, 0.2) is 17.3 Å². The van der Waals surface area contributed by atoms with Gasteiger partial charge in [-0.1, -0.05) is 23.4 Å². The molecule has 1 aliphatic rings. The molecule has 0 saturated carbocycles. The Morgan fingerprint density at radius 1 is 1.23 bits per heavy atom. The van der Waals surface area contributed by atoms with Crippen LogP contribution in [-0.2, 0) is 4.74 Å². The Bertz CT molecular complexity index is 895. The van der Waals surface area contributed by atoms with E-state index in [0.29, 0.717) is 31.2 Å². The Labute approximate surface area is 187 Å². The summed E-state index contributed by atoms with van der Waals surface area (Å²) in [6, 6.07) is 3.95. The molecule has 2 aromatic rings. The van der Waals surface area contributed by atoms with Crippen molar-refractivity contribution in [1.82, 2.24) is 14.9 Å². The Morgan fingerprint density at radius 3 is 2.50 bits per heavy atom. The number of nitrogens with zero attached hydrogens (tertiary/aromatic N) is 3. The first kappa shape index (κ1) is 23.0. The molecule has 1 fully saturated rings. The summed E-state index contributed by atoms with van der Waals surface area (Å²) in [6.45, 7) is 12.3. The van der Waals surface area contributed by atoms with Crippen molar-refractivity contribution in [2.75, 3.05) is 36.8 Å². The lowest BCUT2D eigenvalue weighted by molar-refractivity contribution is 0.0240. The molecule has 30 heavy (non-hydrogen) atoms. The lowest BCUT2D eigenvalue weighted by Crippen LogP contribution is -2.50. The number of carbonyl (C=O) groups excluding carboxylic acids is 1. The molecule has 1 aromatic carbocycles. The maximum Gasteiger partial charge on any atom is 0.410 e. The van der Waals surface area contributed by atoms with Crippen LogP contribution in [-0.4, -0.2) is 64.0 Å². The molecule has 0 atom stereocenters. The Balaban J connectivity index is 1.65. The average Bonchev–Trinajstić information content (AvgIpc) is 3.00. The Kier molecular flexibility index (Phi) is 6.79. The third kappa shape index (κ3) is 6.18. The summed E-state index contributed by atoms with van der Waals surface area (Å²) in [5.74, 6) is 0.899. The second-order valence-corrected chi connectivity index (χ2v) is 10.9. The summed E-state index contributed by atoms with van der Waals surface area (Å²) < 4.78 is 5.47. The molecule has 9 heteroatoms. The normalized spacial score (nSPS) is 15.7. The van der Waals surface area contributed by atoms with E-state index in [1.54, 1.807) is 16.7 Å². The van der Waals surface area contributed by atoms with Gasteiger partial charge in [0.25, 0.3) is 0 Å². The van der Waals surface area contributed by atoms with Crippen LogP contribution in [0.4, 0.5) is 10.5 Å². The van der Waals surface area contributed by atoms with E-state index in [9.17, 15) is 4.79 Å². The number of nitrogens with one attached hydrogen (secondary N) is 1. The first-order valence-electron chi connectivity index (χ1n) is 10.3. The quantitative estimate of drug-likeness (QED) is 0.648. The highest BCUT2D eigenvalue weighted by molar-refractivity contribution is 7.99. The number of aromatic amines is 1. The lowest BCUT2D eigenvalue weighted by atomic mass is 10.0. The molecular formula is C21H32ClN5O2S. The van der Waals surface area contributed by atoms with Gasteiger partial charge in [-0.2, -0.15) is 0 Å². The fraction of sp³-hybridized carbons (Fsp3) is 0.619. The zero-order chi connectivity index (χ0) is 22.1. The van der Waals surface area contributed by atoms with Crippen molar-refractivity contribution < 1.29 is 9.53 Å². The van der Waals surface area contributed by atoms with Crippen LogP contribution in [0.3, 0.4) is 0 Å². The SMILES string of the molecule is CC(C)(N)CCSc1nc2cc(N3CCN(C(=O)OC(C)(C)C)CC3)c(Cl)cc2[nH]1. The molecule has 1 aliphatic heterocycles. The van der Waals surface area contributed by atoms with Gasteiger partial charge in [-0.05, 0) is 53.2 Å². The fourth-order valence-corrected chi connectivity index (χ4v) is 4.62. The average molecular weight is 454 g/mol. The summed E-state index contributed by atoms with van der Waals surface area (Å²) in [5.41, 5.74) is 8.14. The predicted octanol–water partition coefficient (Wildman–Crippen LogP) is 4.49. The number of amides is 1. The summed E-state index contributed by atoms with van der Waals surface area (Å²) in [5, 5.41) is 1.55. The van der Waals surface area contributed by atoms with E-state index >= 15 is 0 Å². The molecule has 7 nitrogen and oxygen atoms in total. The number of fused-ring (bicyclic) bond motifs is 1. The number of halogens is 1. The smallest absolute Gasteiger partial charge is 0.410 e. The van der Waals surface area contributed by atoms with Gasteiger partial charge in [-0.15, -0.1) is 0 Å². The number of hydrogen-bond acceptors (Lipinski definition) is 6. The molecule has 1 amide bonds. The number of aromatic nitrogens is 2. The van der Waals surface area contributed by atoms with Crippen LogP contribution in [0.25, 0.3) is 11.0 Å². The number of thioether (sulfide) groups is 1. The number of anilines is 1. The van der Waals surface area contributed by atoms with Gasteiger partial charge in [-0.25, -0.2) is 9.78 Å². The topological polar surface area (TPSA) is 87.5 Å². The number of rotatable bonds is 5. The van der Waals surface area contributed by atoms with Crippen molar-refractivity contribution in [1.29, 1.82) is 0 Å². The van der Waals surface area contributed by atoms with Crippen molar-refractivity contribution in [3.63, 3.8) is 0 Å². The Hall–Kier alpha value is -1.64. The van der Waals surface area contributed by atoms with Gasteiger partial charge >= 0.3 is 6.09 Å². The van der Waals surface area contributed by atoms with E-state index in [1.807, 2.05) is 46.8 Å². The predicted molar refractivity (Wildman–Crippen MR) is 125 cm³/mol. The first-order chi connectivity index (χ1) is 13.9. The number of nitrogens with two attached hydrogens (primary N) is 1. The van der Waals surface area contributed by atoms with Gasteiger partial charge in [0.1, 0.15) is 5.60 Å². The van der Waals surface area contributed by atoms with E-state index in [1.165, 1.54) is 0 Å². The van der Waals surface area contributed by atoms with Crippen LogP contribution in [0.5, 0.6) is 0 Å². The molecule has 0 aliphatic carbocycles. The molecule has 1 saturated heterocycles. The minimum absolute atomic E-state index is 0.184. The summed E-state index contributed by atoms with van der Waals surface area (Å²) in [4.78, 5) is 24.3. The summed E-state index contributed by atoms with van der Waals surface area (Å²) in [7, 11) is 0. The number of H-pyrrole nitrogens is 1. The van der Waals surface area contributed by atoms with E-state index < -0.39 is 5.60 Å². The molecular weight excluding hydrogens is 422 g/mol. The fourth-order valence-electron chi connectivity index (χ4n) is 3.17. The minimum Gasteiger partial charge on any atom is -0.444 e. The number of piperazine rings is 1. The van der Waals surface area contributed by atoms with Crippen LogP contribution >= 0.6 is 23.4 Å². The van der Waals surface area contributed by atoms with E-state index in [2.05, 4.69) is 9.88 Å². The van der Waals surface area contributed by atoms with Crippen LogP contribution in [0, 0.1) is 0 Å². The highest BCUT2D eigenvalue weighted by atomic mass is 35.5. The largest absolute Gasteiger partial charge is 0.444 e. The van der Waals surface area contributed by atoms with Crippen LogP contribution in [0.1, 0.15) is 41.0 Å². The third-order valence-electron chi connectivity index (χ3n) is 4.79. The molecule has 166 valence electrons. The van der Waals surface area contributed by atoms with Gasteiger partial charge in [0.2, 0.25) is 0 Å². The molecule has 0 unspecified atom stereocenters. The van der Waals surface area contributed by atoms with E-state index in [-0.39, 0.29) is 11.6 Å². The summed E-state index contributed by atoms with van der Waals surface area (Å²) in [6.07, 6.45) is 0.640. The highest BCUT2D eigenvalue weighted by Crippen LogP contribution is 2.32. The zero-order valence-electron chi connectivity index (χ0n) is 18.4. The number of hydrogen-bond donors (Lipinski definition) is 2. The number of ether oxygens (including phenoxy) is 1. The van der Waals surface area contributed by atoms with Gasteiger partial charge in [0.15, 0.2) is 5.16 Å². The molecule has 0 radical (unpaired) electrons. The molecule has 3 rings (SSSR count). The van der Waals surface area contributed by atoms with E-state index in [4.69, 9.17) is 27.1 Å². The standard InChI is InChI=1S/C21H32ClN5O2S/c1-20(2,3)29-19(28)27-9-7-26(8-10-27)17-13-16-15(12-14(17)22)24-18(25-16)30-11-6-21(4,5)23/h12-13H,6-11,23H2,1-5H3,(H,24,25). The molecule has 0 spiro atoms. The summed E-state index contributed by atoms with van der Waals surface area (Å²) >= 11 is 8.24. The maximum absolute atomic E-state index is 12.3. The first-order valence-corrected chi connectivity index (χ1v) is 11.6. The highest BCUT2D eigenvalue weighted by Gasteiger charge is 2.27. The second kappa shape index (κ2) is 8.85. The van der Waals surface area contributed by atoms with Crippen molar-refractivity contribution in [2.24, 2.45) is 5.73 Å². The third-order valence-corrected chi connectivity index (χ3v) is 5.96. The number of carbonyl (C=O) groups is 1. The van der Waals surface area contributed by atoms with E-state index in [0.717, 1.165) is 34.1 Å². The van der Waals surface area contributed by atoms with Gasteiger partial charge in [-0.3, -0.25) is 0 Å².